The van der Waals surface area contributed by atoms with Crippen LogP contribution in [0, 0.1) is 0 Å². The summed E-state index contributed by atoms with van der Waals surface area (Å²) in [5.41, 5.74) is 1.14. The molecule has 0 N–H and O–H groups in total. The van der Waals surface area contributed by atoms with E-state index in [4.69, 9.17) is 23.7 Å². The van der Waals surface area contributed by atoms with Crippen molar-refractivity contribution in [3.8, 4) is 0 Å². The van der Waals surface area contributed by atoms with Crippen molar-refractivity contribution in [2.24, 2.45) is 0 Å². The number of hydrogen-bond acceptors (Lipinski definition) is 7. The van der Waals surface area contributed by atoms with Crippen LogP contribution in [0.1, 0.15) is 33.3 Å². The molecule has 0 amide bonds. The average Bonchev–Trinajstić information content (AvgIpc) is 3.06. The van der Waals surface area contributed by atoms with E-state index in [0.29, 0.717) is 13.2 Å². The zero-order valence-electron chi connectivity index (χ0n) is 17.2. The van der Waals surface area contributed by atoms with Crippen molar-refractivity contribution in [2.45, 2.75) is 69.1 Å². The lowest BCUT2D eigenvalue weighted by Crippen LogP contribution is -2.56. The smallest absolute Gasteiger partial charge is 0.163 e. The predicted molar refractivity (Wildman–Crippen MR) is 115 cm³/mol. The average molecular weight is 429 g/mol. The largest absolute Gasteiger partial charge is 0.368 e. The van der Waals surface area contributed by atoms with Gasteiger partial charge in [-0.3, -0.25) is 0 Å². The maximum absolute atomic E-state index is 6.44. The second-order valence-corrected chi connectivity index (χ2v) is 10.4. The van der Waals surface area contributed by atoms with Crippen LogP contribution in [-0.2, 0) is 30.3 Å². The Hall–Kier alpha value is -0.280. The molecule has 1 aromatic carbocycles. The van der Waals surface area contributed by atoms with Crippen LogP contribution in [0.3, 0.4) is 0 Å². The molecule has 2 aliphatic heterocycles. The molecular formula is C21H32O5S2. The molecule has 28 heavy (non-hydrogen) atoms. The van der Waals surface area contributed by atoms with Crippen LogP contribution in [0.25, 0.3) is 0 Å². The Kier molecular flexibility index (Phi) is 8.53. The van der Waals surface area contributed by atoms with Gasteiger partial charge in [0.2, 0.25) is 0 Å². The summed E-state index contributed by atoms with van der Waals surface area (Å²) in [7, 11) is 0. The molecule has 3 rings (SSSR count). The van der Waals surface area contributed by atoms with Gasteiger partial charge in [-0.15, -0.1) is 23.5 Å². The van der Waals surface area contributed by atoms with Gasteiger partial charge < -0.3 is 23.7 Å². The lowest BCUT2D eigenvalue weighted by atomic mass is 10.0. The molecule has 1 unspecified atom stereocenters. The van der Waals surface area contributed by atoms with Crippen LogP contribution in [-0.4, -0.2) is 59.7 Å². The van der Waals surface area contributed by atoms with E-state index in [1.807, 2.05) is 55.6 Å². The third kappa shape index (κ3) is 5.88. The Balaban J connectivity index is 1.78. The van der Waals surface area contributed by atoms with E-state index < -0.39 is 5.79 Å². The van der Waals surface area contributed by atoms with E-state index in [2.05, 4.69) is 26.0 Å². The summed E-state index contributed by atoms with van der Waals surface area (Å²) in [6, 6.07) is 10.2. The number of thioether (sulfide) groups is 2. The molecule has 2 saturated heterocycles. The summed E-state index contributed by atoms with van der Waals surface area (Å²) in [6.45, 7) is 9.51. The first-order valence-corrected chi connectivity index (χ1v) is 12.1. The van der Waals surface area contributed by atoms with E-state index in [0.717, 1.165) is 17.1 Å². The van der Waals surface area contributed by atoms with Gasteiger partial charge in [0.05, 0.1) is 17.8 Å². The minimum atomic E-state index is -0.596. The van der Waals surface area contributed by atoms with Gasteiger partial charge in [-0.1, -0.05) is 44.2 Å². The molecule has 0 aromatic heterocycles. The minimum Gasteiger partial charge on any atom is -0.368 e. The molecule has 4 atom stereocenters. The van der Waals surface area contributed by atoms with Crippen molar-refractivity contribution in [3.05, 3.63) is 35.9 Å². The highest BCUT2D eigenvalue weighted by Crippen LogP contribution is 2.37. The molecule has 0 saturated carbocycles. The van der Waals surface area contributed by atoms with Crippen molar-refractivity contribution in [1.82, 2.24) is 0 Å². The number of rotatable bonds is 9. The fraction of sp³-hybridized carbons (Fsp3) is 0.714. The second-order valence-electron chi connectivity index (χ2n) is 7.29. The lowest BCUT2D eigenvalue weighted by Gasteiger charge is -2.42. The summed E-state index contributed by atoms with van der Waals surface area (Å²) in [6.07, 6.45) is -0.674. The molecule has 5 nitrogen and oxygen atoms in total. The van der Waals surface area contributed by atoms with Gasteiger partial charge in [0.25, 0.3) is 0 Å². The van der Waals surface area contributed by atoms with Crippen LogP contribution < -0.4 is 0 Å². The molecule has 158 valence electrons. The lowest BCUT2D eigenvalue weighted by molar-refractivity contribution is -0.268. The highest BCUT2D eigenvalue weighted by molar-refractivity contribution is 8.17. The summed E-state index contributed by atoms with van der Waals surface area (Å²) in [4.78, 5) is 0. The van der Waals surface area contributed by atoms with E-state index in [-0.39, 0.29) is 35.8 Å². The molecular weight excluding hydrogens is 396 g/mol. The van der Waals surface area contributed by atoms with E-state index >= 15 is 0 Å². The molecule has 0 bridgehead atoms. The van der Waals surface area contributed by atoms with Gasteiger partial charge in [0.1, 0.15) is 31.2 Å². The second kappa shape index (κ2) is 10.7. The minimum absolute atomic E-state index is 0.0651. The van der Waals surface area contributed by atoms with Crippen LogP contribution in [0.5, 0.6) is 0 Å². The Bertz CT molecular complexity index is 569. The highest BCUT2D eigenvalue weighted by atomic mass is 32.2. The number of hydrogen-bond donors (Lipinski definition) is 0. The predicted octanol–water partition coefficient (Wildman–Crippen LogP) is 4.30. The molecule has 0 spiro atoms. The Morgan fingerprint density at radius 1 is 1.11 bits per heavy atom. The van der Waals surface area contributed by atoms with Crippen LogP contribution >= 0.6 is 23.5 Å². The molecule has 0 aliphatic carbocycles. The number of benzene rings is 1. The standard InChI is InChI=1S/C21H32O5S2/c1-5-27-20(28-6-2)19-18(22-12-15-10-8-7-9-11-15)17(23-14-24-19)16-13-25-21(3,4)26-16/h7-11,16-20H,5-6,12-14H2,1-4H3/t16-,17?,18-,19+/m0/s1. The topological polar surface area (TPSA) is 46.2 Å². The van der Waals surface area contributed by atoms with Crippen LogP contribution in [0.4, 0.5) is 0 Å². The first-order chi connectivity index (χ1) is 13.5. The zero-order chi connectivity index (χ0) is 20.0. The molecule has 2 aliphatic rings. The maximum atomic E-state index is 6.44. The van der Waals surface area contributed by atoms with Crippen molar-refractivity contribution in [2.75, 3.05) is 24.9 Å². The van der Waals surface area contributed by atoms with E-state index in [1.54, 1.807) is 0 Å². The fourth-order valence-corrected chi connectivity index (χ4v) is 6.23. The van der Waals surface area contributed by atoms with Gasteiger partial charge in [0, 0.05) is 0 Å². The maximum Gasteiger partial charge on any atom is 0.163 e. The van der Waals surface area contributed by atoms with Gasteiger partial charge in [-0.05, 0) is 30.9 Å². The van der Waals surface area contributed by atoms with Crippen molar-refractivity contribution < 1.29 is 23.7 Å². The summed E-state index contributed by atoms with van der Waals surface area (Å²) >= 11 is 3.82. The van der Waals surface area contributed by atoms with Gasteiger partial charge in [-0.2, -0.15) is 0 Å². The molecule has 7 heteroatoms. The van der Waals surface area contributed by atoms with Gasteiger partial charge >= 0.3 is 0 Å². The van der Waals surface area contributed by atoms with Crippen molar-refractivity contribution >= 4 is 23.5 Å². The third-order valence-corrected chi connectivity index (χ3v) is 7.46. The van der Waals surface area contributed by atoms with Crippen LogP contribution in [0.2, 0.25) is 0 Å². The number of ether oxygens (including phenoxy) is 5. The molecule has 2 fully saturated rings. The SMILES string of the molecule is CCSC(SCC)[C@@H]1OCOC([C@@H]2COC(C)(C)O2)[C@@H]1OCc1ccccc1. The van der Waals surface area contributed by atoms with Gasteiger partial charge in [0.15, 0.2) is 5.79 Å². The van der Waals surface area contributed by atoms with E-state index in [1.165, 1.54) is 0 Å². The Morgan fingerprint density at radius 2 is 1.82 bits per heavy atom. The summed E-state index contributed by atoms with van der Waals surface area (Å²) in [5.74, 6) is 1.47. The van der Waals surface area contributed by atoms with Crippen molar-refractivity contribution in [1.29, 1.82) is 0 Å². The zero-order valence-corrected chi connectivity index (χ0v) is 18.8. The first-order valence-electron chi connectivity index (χ1n) is 9.97. The van der Waals surface area contributed by atoms with Gasteiger partial charge in [-0.25, -0.2) is 0 Å². The normalized spacial score (nSPS) is 30.0. The highest BCUT2D eigenvalue weighted by Gasteiger charge is 2.48. The monoisotopic (exact) mass is 428 g/mol. The van der Waals surface area contributed by atoms with Crippen LogP contribution in [0.15, 0.2) is 30.3 Å². The first kappa shape index (κ1) is 22.4. The Morgan fingerprint density at radius 3 is 2.43 bits per heavy atom. The third-order valence-electron chi connectivity index (χ3n) is 4.78. The Labute approximate surface area is 177 Å². The summed E-state index contributed by atoms with van der Waals surface area (Å²) < 4.78 is 30.8. The van der Waals surface area contributed by atoms with E-state index in [9.17, 15) is 0 Å². The molecule has 1 aromatic rings. The van der Waals surface area contributed by atoms with Crippen molar-refractivity contribution in [3.63, 3.8) is 0 Å². The molecule has 0 radical (unpaired) electrons. The quantitative estimate of drug-likeness (QED) is 0.544. The summed E-state index contributed by atoms with van der Waals surface area (Å²) in [5, 5.41) is 0. The molecule has 2 heterocycles. The fourth-order valence-electron chi connectivity index (χ4n) is 3.53.